The standard InChI is InChI=1S/C22H29N5O2/c1-2-19-18-7-3-4-8-20(18)27(24-19)22-23-21(29-25-22)17-9-11-26(12-10-17)14-16-6-5-13-28-15-16/h3-4,7-8,16-17H,2,5-6,9-15H2,1H3. The number of hydrogen-bond donors (Lipinski definition) is 0. The Morgan fingerprint density at radius 2 is 2.00 bits per heavy atom. The molecule has 2 fully saturated rings. The lowest BCUT2D eigenvalue weighted by molar-refractivity contribution is 0.0340. The number of rotatable bonds is 5. The van der Waals surface area contributed by atoms with Crippen molar-refractivity contribution in [3.05, 3.63) is 35.9 Å². The molecule has 3 aromatic rings. The van der Waals surface area contributed by atoms with Crippen molar-refractivity contribution in [3.63, 3.8) is 0 Å². The quantitative estimate of drug-likeness (QED) is 0.658. The molecule has 29 heavy (non-hydrogen) atoms. The summed E-state index contributed by atoms with van der Waals surface area (Å²) in [6.45, 7) is 7.30. The maximum atomic E-state index is 5.68. The molecule has 2 aliphatic heterocycles. The maximum Gasteiger partial charge on any atom is 0.291 e. The molecule has 0 radical (unpaired) electrons. The molecule has 154 valence electrons. The van der Waals surface area contributed by atoms with Gasteiger partial charge in [-0.3, -0.25) is 0 Å². The number of para-hydroxylation sites is 1. The zero-order valence-electron chi connectivity index (χ0n) is 17.1. The SMILES string of the molecule is CCc1nn(-c2noc(C3CCN(CC4CCCOC4)CC3)n2)c2ccccc12. The summed E-state index contributed by atoms with van der Waals surface area (Å²) in [4.78, 5) is 7.30. The smallest absolute Gasteiger partial charge is 0.291 e. The van der Waals surface area contributed by atoms with E-state index in [9.17, 15) is 0 Å². The van der Waals surface area contributed by atoms with Crippen LogP contribution in [0, 0.1) is 5.92 Å². The largest absolute Gasteiger partial charge is 0.381 e. The minimum absolute atomic E-state index is 0.336. The molecule has 0 bridgehead atoms. The van der Waals surface area contributed by atoms with Crippen LogP contribution in [0.5, 0.6) is 0 Å². The molecule has 2 saturated heterocycles. The second-order valence-electron chi connectivity index (χ2n) is 8.32. The van der Waals surface area contributed by atoms with Gasteiger partial charge in [-0.25, -0.2) is 0 Å². The van der Waals surface area contributed by atoms with Crippen molar-refractivity contribution >= 4 is 10.9 Å². The Kier molecular flexibility index (Phi) is 5.33. The molecular weight excluding hydrogens is 366 g/mol. The van der Waals surface area contributed by atoms with E-state index < -0.39 is 0 Å². The number of fused-ring (bicyclic) bond motifs is 1. The Balaban J connectivity index is 1.27. The number of piperidine rings is 1. The number of benzene rings is 1. The van der Waals surface area contributed by atoms with E-state index in [1.807, 2.05) is 16.8 Å². The third-order valence-corrected chi connectivity index (χ3v) is 6.33. The van der Waals surface area contributed by atoms with Gasteiger partial charge < -0.3 is 14.2 Å². The van der Waals surface area contributed by atoms with E-state index in [0.29, 0.717) is 17.8 Å². The van der Waals surface area contributed by atoms with Crippen LogP contribution in [0.25, 0.3) is 16.9 Å². The Bertz CT molecular complexity index is 951. The maximum absolute atomic E-state index is 5.68. The van der Waals surface area contributed by atoms with Gasteiger partial charge in [-0.15, -0.1) is 0 Å². The molecule has 4 heterocycles. The molecule has 1 aromatic carbocycles. The molecule has 7 heteroatoms. The van der Waals surface area contributed by atoms with Crippen LogP contribution >= 0.6 is 0 Å². The van der Waals surface area contributed by atoms with Crippen LogP contribution in [0.2, 0.25) is 0 Å². The van der Waals surface area contributed by atoms with Gasteiger partial charge in [0.2, 0.25) is 5.89 Å². The number of aryl methyl sites for hydroxylation is 1. The molecule has 0 spiro atoms. The van der Waals surface area contributed by atoms with Crippen molar-refractivity contribution in [1.29, 1.82) is 0 Å². The Morgan fingerprint density at radius 3 is 2.79 bits per heavy atom. The predicted molar refractivity (Wildman–Crippen MR) is 110 cm³/mol. The van der Waals surface area contributed by atoms with Crippen LogP contribution in [-0.2, 0) is 11.2 Å². The van der Waals surface area contributed by atoms with Crippen LogP contribution < -0.4 is 0 Å². The summed E-state index contributed by atoms with van der Waals surface area (Å²) in [5, 5.41) is 10.1. The van der Waals surface area contributed by atoms with E-state index in [2.05, 4.69) is 29.1 Å². The highest BCUT2D eigenvalue weighted by atomic mass is 16.5. The zero-order valence-corrected chi connectivity index (χ0v) is 17.1. The molecule has 7 nitrogen and oxygen atoms in total. The minimum Gasteiger partial charge on any atom is -0.381 e. The van der Waals surface area contributed by atoms with Crippen LogP contribution in [0.1, 0.15) is 50.1 Å². The van der Waals surface area contributed by atoms with Gasteiger partial charge in [-0.2, -0.15) is 14.8 Å². The van der Waals surface area contributed by atoms with E-state index in [1.54, 1.807) is 0 Å². The molecule has 0 N–H and O–H groups in total. The number of aromatic nitrogens is 4. The topological polar surface area (TPSA) is 69.2 Å². The predicted octanol–water partition coefficient (Wildman–Crippen LogP) is 3.58. The van der Waals surface area contributed by atoms with Crippen molar-refractivity contribution in [2.45, 2.75) is 44.9 Å². The zero-order chi connectivity index (χ0) is 19.6. The average Bonchev–Trinajstić information content (AvgIpc) is 3.40. The van der Waals surface area contributed by atoms with Crippen LogP contribution in [0.15, 0.2) is 28.8 Å². The molecule has 0 amide bonds. The summed E-state index contributed by atoms with van der Waals surface area (Å²) < 4.78 is 13.1. The summed E-state index contributed by atoms with van der Waals surface area (Å²) in [5.74, 6) is 2.31. The van der Waals surface area contributed by atoms with E-state index in [0.717, 1.165) is 74.6 Å². The Morgan fingerprint density at radius 1 is 1.14 bits per heavy atom. The third kappa shape index (κ3) is 3.81. The summed E-state index contributed by atoms with van der Waals surface area (Å²) in [5.41, 5.74) is 2.09. The second-order valence-corrected chi connectivity index (χ2v) is 8.32. The van der Waals surface area contributed by atoms with Crippen LogP contribution in [0.4, 0.5) is 0 Å². The monoisotopic (exact) mass is 395 g/mol. The lowest BCUT2D eigenvalue weighted by Gasteiger charge is -2.34. The van der Waals surface area contributed by atoms with Gasteiger partial charge in [0.15, 0.2) is 0 Å². The van der Waals surface area contributed by atoms with Gasteiger partial charge in [0.25, 0.3) is 5.95 Å². The van der Waals surface area contributed by atoms with Crippen molar-refractivity contribution in [2.75, 3.05) is 32.8 Å². The molecule has 2 aliphatic rings. The van der Waals surface area contributed by atoms with E-state index in [4.69, 9.17) is 19.3 Å². The molecule has 5 rings (SSSR count). The molecular formula is C22H29N5O2. The normalized spacial score (nSPS) is 21.8. The lowest BCUT2D eigenvalue weighted by Crippen LogP contribution is -2.38. The van der Waals surface area contributed by atoms with Gasteiger partial charge in [-0.05, 0) is 62.3 Å². The van der Waals surface area contributed by atoms with Crippen molar-refractivity contribution < 1.29 is 9.26 Å². The van der Waals surface area contributed by atoms with E-state index >= 15 is 0 Å². The van der Waals surface area contributed by atoms with Gasteiger partial charge in [0.05, 0.1) is 17.8 Å². The van der Waals surface area contributed by atoms with Crippen LogP contribution in [-0.4, -0.2) is 57.7 Å². The molecule has 0 aliphatic carbocycles. The summed E-state index contributed by atoms with van der Waals surface area (Å²) in [6.07, 6.45) is 5.51. The van der Waals surface area contributed by atoms with Gasteiger partial charge in [0, 0.05) is 24.5 Å². The fourth-order valence-corrected chi connectivity index (χ4v) is 4.70. The van der Waals surface area contributed by atoms with Gasteiger partial charge in [-0.1, -0.05) is 25.1 Å². The molecule has 1 atom stereocenters. The second kappa shape index (κ2) is 8.24. The summed E-state index contributed by atoms with van der Waals surface area (Å²) in [6, 6.07) is 8.23. The first-order valence-corrected chi connectivity index (χ1v) is 10.9. The van der Waals surface area contributed by atoms with E-state index in [-0.39, 0.29) is 0 Å². The molecule has 0 saturated carbocycles. The van der Waals surface area contributed by atoms with E-state index in [1.165, 1.54) is 12.8 Å². The fourth-order valence-electron chi connectivity index (χ4n) is 4.70. The third-order valence-electron chi connectivity index (χ3n) is 6.33. The average molecular weight is 396 g/mol. The van der Waals surface area contributed by atoms with Crippen LogP contribution in [0.3, 0.4) is 0 Å². The minimum atomic E-state index is 0.336. The Hall–Kier alpha value is -2.25. The van der Waals surface area contributed by atoms with Crippen molar-refractivity contribution in [1.82, 2.24) is 24.8 Å². The first-order chi connectivity index (χ1) is 14.3. The van der Waals surface area contributed by atoms with Crippen molar-refractivity contribution in [3.8, 4) is 5.95 Å². The highest BCUT2D eigenvalue weighted by Gasteiger charge is 2.27. The number of nitrogens with zero attached hydrogens (tertiary/aromatic N) is 5. The Labute approximate surface area is 171 Å². The first-order valence-electron chi connectivity index (χ1n) is 10.9. The fraction of sp³-hybridized carbons (Fsp3) is 0.591. The van der Waals surface area contributed by atoms with Gasteiger partial charge >= 0.3 is 0 Å². The van der Waals surface area contributed by atoms with Crippen molar-refractivity contribution in [2.24, 2.45) is 5.92 Å². The number of hydrogen-bond acceptors (Lipinski definition) is 6. The lowest BCUT2D eigenvalue weighted by atomic mass is 9.94. The number of ether oxygens (including phenoxy) is 1. The molecule has 2 aromatic heterocycles. The highest BCUT2D eigenvalue weighted by Crippen LogP contribution is 2.29. The summed E-state index contributed by atoms with van der Waals surface area (Å²) >= 11 is 0. The summed E-state index contributed by atoms with van der Waals surface area (Å²) in [7, 11) is 0. The highest BCUT2D eigenvalue weighted by molar-refractivity contribution is 5.83. The number of likely N-dealkylation sites (tertiary alicyclic amines) is 1. The van der Waals surface area contributed by atoms with Gasteiger partial charge in [0.1, 0.15) is 0 Å². The first kappa shape index (κ1) is 18.8. The molecule has 1 unspecified atom stereocenters.